The number of hydrogen-bond donors (Lipinski definition) is 3. The highest BCUT2D eigenvalue weighted by Gasteiger charge is 2.01. The molecule has 0 heterocycles. The van der Waals surface area contributed by atoms with E-state index < -0.39 is 17.9 Å². The average Bonchev–Trinajstić information content (AvgIpc) is 3.36. The van der Waals surface area contributed by atoms with Crippen LogP contribution in [0.4, 0.5) is 0 Å². The van der Waals surface area contributed by atoms with Gasteiger partial charge < -0.3 is 15.3 Å². The van der Waals surface area contributed by atoms with Crippen LogP contribution in [-0.2, 0) is 14.4 Å². The highest BCUT2D eigenvalue weighted by molar-refractivity contribution is 5.75. The Kier molecular flexibility index (Phi) is 80.8. The molecular formula is C66H132AlO6. The van der Waals surface area contributed by atoms with Crippen molar-refractivity contribution in [1.82, 2.24) is 0 Å². The molecule has 0 rings (SSSR count). The van der Waals surface area contributed by atoms with Crippen LogP contribution in [0.5, 0.6) is 0 Å². The highest BCUT2D eigenvalue weighted by atomic mass is 27.0. The largest absolute Gasteiger partial charge is 0.481 e. The van der Waals surface area contributed by atoms with E-state index in [2.05, 4.69) is 20.8 Å². The van der Waals surface area contributed by atoms with Gasteiger partial charge in [0.15, 0.2) is 0 Å². The summed E-state index contributed by atoms with van der Waals surface area (Å²) in [5.74, 6) is -1.95. The smallest absolute Gasteiger partial charge is 0.303 e. The first-order valence-electron chi connectivity index (χ1n) is 33.0. The number of unbranched alkanes of at least 4 members (excludes halogenated alkanes) is 54. The van der Waals surface area contributed by atoms with Gasteiger partial charge in [-0.05, 0) is 19.3 Å². The SMILES string of the molecule is CCCCCCCCCCCCCCCCCCCCCC(=O)O.CCCCCCCCCCCCCCCCCCCCCC(=O)O.CCCCCCCCCCCCCCCCCCCCCC(=O)O.[Al]. The first-order chi connectivity index (χ1) is 35.3. The number of carboxylic acid groups (broad SMARTS) is 3. The van der Waals surface area contributed by atoms with Gasteiger partial charge >= 0.3 is 17.9 Å². The molecule has 0 unspecified atom stereocenters. The maximum absolute atomic E-state index is 10.4. The minimum absolute atomic E-state index is 0. The van der Waals surface area contributed by atoms with E-state index in [1.807, 2.05) is 0 Å². The summed E-state index contributed by atoms with van der Waals surface area (Å²) < 4.78 is 0. The van der Waals surface area contributed by atoms with Crippen molar-refractivity contribution in [3.8, 4) is 0 Å². The summed E-state index contributed by atoms with van der Waals surface area (Å²) >= 11 is 0. The van der Waals surface area contributed by atoms with Gasteiger partial charge in [-0.25, -0.2) is 0 Å². The third-order valence-electron chi connectivity index (χ3n) is 15.0. The van der Waals surface area contributed by atoms with Crippen LogP contribution in [0.3, 0.4) is 0 Å². The Morgan fingerprint density at radius 1 is 0.178 bits per heavy atom. The third-order valence-corrected chi connectivity index (χ3v) is 15.0. The molecule has 73 heavy (non-hydrogen) atoms. The van der Waals surface area contributed by atoms with Gasteiger partial charge in [-0.2, -0.15) is 0 Å². The summed E-state index contributed by atoms with van der Waals surface area (Å²) in [5.41, 5.74) is 0. The van der Waals surface area contributed by atoms with Crippen molar-refractivity contribution in [2.75, 3.05) is 0 Å². The lowest BCUT2D eigenvalue weighted by molar-refractivity contribution is -0.138. The molecule has 0 aromatic heterocycles. The Labute approximate surface area is 468 Å². The number of hydrogen-bond acceptors (Lipinski definition) is 3. The van der Waals surface area contributed by atoms with Crippen molar-refractivity contribution in [2.45, 2.75) is 406 Å². The van der Waals surface area contributed by atoms with E-state index in [0.29, 0.717) is 19.3 Å². The lowest BCUT2D eigenvalue weighted by atomic mass is 10.0. The van der Waals surface area contributed by atoms with Crippen molar-refractivity contribution in [2.24, 2.45) is 0 Å². The predicted octanol–water partition coefficient (Wildman–Crippen LogP) is 23.3. The van der Waals surface area contributed by atoms with Gasteiger partial charge in [-0.3, -0.25) is 14.4 Å². The van der Waals surface area contributed by atoms with Crippen LogP contribution < -0.4 is 0 Å². The molecule has 0 aliphatic heterocycles. The van der Waals surface area contributed by atoms with Gasteiger partial charge in [0.1, 0.15) is 0 Å². The Balaban J connectivity index is -0.000000486. The molecule has 6 nitrogen and oxygen atoms in total. The van der Waals surface area contributed by atoms with Crippen LogP contribution in [0.25, 0.3) is 0 Å². The van der Waals surface area contributed by atoms with Crippen LogP contribution >= 0.6 is 0 Å². The molecule has 0 aromatic carbocycles. The van der Waals surface area contributed by atoms with E-state index in [1.165, 1.54) is 327 Å². The van der Waals surface area contributed by atoms with Crippen molar-refractivity contribution in [3.05, 3.63) is 0 Å². The molecule has 0 atom stereocenters. The summed E-state index contributed by atoms with van der Waals surface area (Å²) in [6.45, 7) is 6.85. The van der Waals surface area contributed by atoms with E-state index in [4.69, 9.17) is 15.3 Å². The summed E-state index contributed by atoms with van der Waals surface area (Å²) in [5, 5.41) is 25.7. The second-order valence-corrected chi connectivity index (χ2v) is 22.5. The van der Waals surface area contributed by atoms with Gasteiger partial charge in [0.2, 0.25) is 0 Å². The topological polar surface area (TPSA) is 112 Å². The summed E-state index contributed by atoms with van der Waals surface area (Å²) in [6.07, 6.45) is 78.3. The Morgan fingerprint density at radius 2 is 0.260 bits per heavy atom. The first-order valence-corrected chi connectivity index (χ1v) is 33.0. The van der Waals surface area contributed by atoms with Gasteiger partial charge in [-0.1, -0.05) is 367 Å². The zero-order chi connectivity index (χ0) is 53.2. The van der Waals surface area contributed by atoms with Crippen LogP contribution in [0.1, 0.15) is 406 Å². The second-order valence-electron chi connectivity index (χ2n) is 22.5. The average molecular weight is 1050 g/mol. The molecule has 0 aromatic rings. The zero-order valence-electron chi connectivity index (χ0n) is 50.1. The highest BCUT2D eigenvalue weighted by Crippen LogP contribution is 2.18. The van der Waals surface area contributed by atoms with E-state index in [9.17, 15) is 14.4 Å². The lowest BCUT2D eigenvalue weighted by Gasteiger charge is -2.03. The Morgan fingerprint density at radius 3 is 0.342 bits per heavy atom. The van der Waals surface area contributed by atoms with Gasteiger partial charge in [0.25, 0.3) is 0 Å². The molecule has 0 spiro atoms. The van der Waals surface area contributed by atoms with E-state index in [-0.39, 0.29) is 17.4 Å². The minimum Gasteiger partial charge on any atom is -0.481 e. The molecule has 0 bridgehead atoms. The quantitative estimate of drug-likeness (QED) is 0.0413. The van der Waals surface area contributed by atoms with Crippen LogP contribution in [0, 0.1) is 0 Å². The number of carbonyl (C=O) groups is 3. The molecule has 3 N–H and O–H groups in total. The third kappa shape index (κ3) is 87.9. The molecule has 0 aliphatic rings. The maximum Gasteiger partial charge on any atom is 0.303 e. The van der Waals surface area contributed by atoms with Gasteiger partial charge in [-0.15, -0.1) is 0 Å². The lowest BCUT2D eigenvalue weighted by Crippen LogP contribution is -1.93. The van der Waals surface area contributed by atoms with Crippen molar-refractivity contribution >= 4 is 35.3 Å². The molecule has 0 saturated heterocycles. The minimum atomic E-state index is -0.651. The van der Waals surface area contributed by atoms with Crippen molar-refractivity contribution in [3.63, 3.8) is 0 Å². The fourth-order valence-corrected chi connectivity index (χ4v) is 10.1. The standard InChI is InChI=1S/3C22H44O2.Al/c3*1-2-3-4-5-6-7-8-9-10-11-12-13-14-15-16-17-18-19-20-21-22(23)24;/h3*2-21H2,1H3,(H,23,24);. The van der Waals surface area contributed by atoms with Crippen LogP contribution in [0.2, 0.25) is 0 Å². The number of carboxylic acids is 3. The first kappa shape index (κ1) is 78.4. The second kappa shape index (κ2) is 75.2. The van der Waals surface area contributed by atoms with E-state index in [1.54, 1.807) is 0 Å². The van der Waals surface area contributed by atoms with Crippen molar-refractivity contribution < 1.29 is 29.7 Å². The molecule has 0 saturated carbocycles. The zero-order valence-corrected chi connectivity index (χ0v) is 51.2. The summed E-state index contributed by atoms with van der Waals surface area (Å²) in [4.78, 5) is 31.1. The van der Waals surface area contributed by atoms with Gasteiger partial charge in [0, 0.05) is 36.6 Å². The molecule has 0 fully saturated rings. The fraction of sp³-hybridized carbons (Fsp3) is 0.955. The van der Waals surface area contributed by atoms with Crippen LogP contribution in [0.15, 0.2) is 0 Å². The van der Waals surface area contributed by atoms with E-state index >= 15 is 0 Å². The maximum atomic E-state index is 10.4. The number of rotatable bonds is 60. The monoisotopic (exact) mass is 1050 g/mol. The molecule has 0 amide bonds. The van der Waals surface area contributed by atoms with E-state index in [0.717, 1.165) is 38.5 Å². The molecule has 7 heteroatoms. The fourth-order valence-electron chi connectivity index (χ4n) is 10.1. The normalized spacial score (nSPS) is 10.9. The predicted molar refractivity (Wildman–Crippen MR) is 323 cm³/mol. The molecule has 3 radical (unpaired) electrons. The molecular weight excluding hydrogens is 916 g/mol. The Bertz CT molecular complexity index is 882. The molecule has 0 aliphatic carbocycles. The number of aliphatic carboxylic acids is 3. The van der Waals surface area contributed by atoms with Crippen molar-refractivity contribution in [1.29, 1.82) is 0 Å². The molecule has 435 valence electrons. The van der Waals surface area contributed by atoms with Crippen LogP contribution in [-0.4, -0.2) is 50.6 Å². The van der Waals surface area contributed by atoms with Gasteiger partial charge in [0.05, 0.1) is 0 Å². The Hall–Kier alpha value is -1.06. The summed E-state index contributed by atoms with van der Waals surface area (Å²) in [7, 11) is 0. The summed E-state index contributed by atoms with van der Waals surface area (Å²) in [6, 6.07) is 0.